The summed E-state index contributed by atoms with van der Waals surface area (Å²) < 4.78 is 0. The highest BCUT2D eigenvalue weighted by Crippen LogP contribution is 2.25. The number of benzene rings is 1. The van der Waals surface area contributed by atoms with Gasteiger partial charge in [0, 0.05) is 22.7 Å². The highest BCUT2D eigenvalue weighted by molar-refractivity contribution is 7.15. The molecular weight excluding hydrogens is 292 g/mol. The van der Waals surface area contributed by atoms with E-state index in [2.05, 4.69) is 10.3 Å². The number of rotatable bonds is 5. The molecule has 1 aromatic heterocycles. The largest absolute Gasteiger partial charge is 0.302 e. The predicted octanol–water partition coefficient (Wildman–Crippen LogP) is 4.43. The maximum absolute atomic E-state index is 11.6. The SMILES string of the molecule is CCCC(=O)Nc1nc(C)c(Cc2ccc(Cl)cc2)s1. The van der Waals surface area contributed by atoms with Gasteiger partial charge in [-0.05, 0) is 31.0 Å². The van der Waals surface area contributed by atoms with Crippen molar-refractivity contribution in [2.75, 3.05) is 5.32 Å². The standard InChI is InChI=1S/C15H17ClN2OS/c1-3-4-14(19)18-15-17-10(2)13(20-15)9-11-5-7-12(16)8-6-11/h5-8H,3-4,9H2,1-2H3,(H,17,18,19). The molecule has 0 unspecified atom stereocenters. The van der Waals surface area contributed by atoms with Crippen molar-refractivity contribution in [1.82, 2.24) is 4.98 Å². The minimum atomic E-state index is 0.0271. The summed E-state index contributed by atoms with van der Waals surface area (Å²) in [6, 6.07) is 7.79. The number of hydrogen-bond donors (Lipinski definition) is 1. The fourth-order valence-corrected chi connectivity index (χ4v) is 2.98. The van der Waals surface area contributed by atoms with E-state index in [9.17, 15) is 4.79 Å². The average molecular weight is 309 g/mol. The highest BCUT2D eigenvalue weighted by Gasteiger charge is 2.10. The molecule has 20 heavy (non-hydrogen) atoms. The van der Waals surface area contributed by atoms with Crippen LogP contribution in [0.25, 0.3) is 0 Å². The van der Waals surface area contributed by atoms with Crippen molar-refractivity contribution in [1.29, 1.82) is 0 Å². The molecule has 1 aromatic carbocycles. The van der Waals surface area contributed by atoms with Gasteiger partial charge in [-0.3, -0.25) is 4.79 Å². The van der Waals surface area contributed by atoms with E-state index in [-0.39, 0.29) is 5.91 Å². The van der Waals surface area contributed by atoms with Gasteiger partial charge < -0.3 is 5.32 Å². The molecule has 3 nitrogen and oxygen atoms in total. The van der Waals surface area contributed by atoms with Crippen molar-refractivity contribution in [3.05, 3.63) is 45.4 Å². The Balaban J connectivity index is 2.07. The van der Waals surface area contributed by atoms with Crippen molar-refractivity contribution in [2.24, 2.45) is 0 Å². The Hall–Kier alpha value is -1.39. The molecule has 0 radical (unpaired) electrons. The molecule has 0 bridgehead atoms. The van der Waals surface area contributed by atoms with Crippen LogP contribution in [0.1, 0.15) is 35.9 Å². The second-order valence-corrected chi connectivity index (χ2v) is 6.15. The molecule has 0 atom stereocenters. The van der Waals surface area contributed by atoms with E-state index in [1.807, 2.05) is 38.1 Å². The molecule has 5 heteroatoms. The van der Waals surface area contributed by atoms with Crippen LogP contribution in [0, 0.1) is 6.92 Å². The first-order valence-electron chi connectivity index (χ1n) is 6.59. The zero-order chi connectivity index (χ0) is 14.5. The number of amides is 1. The van der Waals surface area contributed by atoms with Crippen LogP contribution in [0.2, 0.25) is 5.02 Å². The minimum Gasteiger partial charge on any atom is -0.302 e. The summed E-state index contributed by atoms with van der Waals surface area (Å²) in [5.74, 6) is 0.0271. The predicted molar refractivity (Wildman–Crippen MR) is 84.6 cm³/mol. The quantitative estimate of drug-likeness (QED) is 0.887. The second kappa shape index (κ2) is 6.86. The number of thiazole rings is 1. The van der Waals surface area contributed by atoms with Crippen molar-refractivity contribution >= 4 is 34.0 Å². The zero-order valence-corrected chi connectivity index (χ0v) is 13.1. The Labute approximate surface area is 128 Å². The van der Waals surface area contributed by atoms with Crippen LogP contribution < -0.4 is 5.32 Å². The summed E-state index contributed by atoms with van der Waals surface area (Å²) in [6.45, 7) is 3.95. The van der Waals surface area contributed by atoms with Crippen LogP contribution in [0.5, 0.6) is 0 Å². The third-order valence-corrected chi connectivity index (χ3v) is 4.22. The Morgan fingerprint density at radius 1 is 1.35 bits per heavy atom. The van der Waals surface area contributed by atoms with Gasteiger partial charge in [-0.2, -0.15) is 0 Å². The number of aromatic nitrogens is 1. The fourth-order valence-electron chi connectivity index (χ4n) is 1.84. The lowest BCUT2D eigenvalue weighted by Gasteiger charge is -2.00. The molecule has 0 aliphatic carbocycles. The number of anilines is 1. The Bertz CT molecular complexity index is 592. The van der Waals surface area contributed by atoms with Gasteiger partial charge in [-0.1, -0.05) is 30.7 Å². The normalized spacial score (nSPS) is 10.6. The van der Waals surface area contributed by atoms with Crippen LogP contribution in [0.15, 0.2) is 24.3 Å². The van der Waals surface area contributed by atoms with Crippen molar-refractivity contribution in [2.45, 2.75) is 33.1 Å². The van der Waals surface area contributed by atoms with Gasteiger partial charge in [-0.25, -0.2) is 4.98 Å². The van der Waals surface area contributed by atoms with E-state index in [0.29, 0.717) is 11.6 Å². The second-order valence-electron chi connectivity index (χ2n) is 4.63. The highest BCUT2D eigenvalue weighted by atomic mass is 35.5. The first-order valence-corrected chi connectivity index (χ1v) is 7.78. The fraction of sp³-hybridized carbons (Fsp3) is 0.333. The van der Waals surface area contributed by atoms with Gasteiger partial charge in [-0.15, -0.1) is 11.3 Å². The van der Waals surface area contributed by atoms with Crippen LogP contribution in [0.3, 0.4) is 0 Å². The minimum absolute atomic E-state index is 0.0271. The lowest BCUT2D eigenvalue weighted by molar-refractivity contribution is -0.116. The number of aryl methyl sites for hydroxylation is 1. The molecule has 0 aliphatic rings. The van der Waals surface area contributed by atoms with Crippen LogP contribution in [-0.2, 0) is 11.2 Å². The molecule has 1 amide bonds. The molecule has 0 fully saturated rings. The molecule has 2 aromatic rings. The lowest BCUT2D eigenvalue weighted by Crippen LogP contribution is -2.10. The molecular formula is C15H17ClN2OS. The number of nitrogens with zero attached hydrogens (tertiary/aromatic N) is 1. The summed E-state index contributed by atoms with van der Waals surface area (Å²) in [4.78, 5) is 17.1. The monoisotopic (exact) mass is 308 g/mol. The van der Waals surface area contributed by atoms with E-state index < -0.39 is 0 Å². The molecule has 106 valence electrons. The van der Waals surface area contributed by atoms with Crippen molar-refractivity contribution < 1.29 is 4.79 Å². The summed E-state index contributed by atoms with van der Waals surface area (Å²) in [5.41, 5.74) is 2.16. The maximum atomic E-state index is 11.6. The van der Waals surface area contributed by atoms with Gasteiger partial charge in [0.1, 0.15) is 0 Å². The molecule has 0 aliphatic heterocycles. The van der Waals surface area contributed by atoms with Crippen LogP contribution in [-0.4, -0.2) is 10.9 Å². The topological polar surface area (TPSA) is 42.0 Å². The van der Waals surface area contributed by atoms with Gasteiger partial charge >= 0.3 is 0 Å². The molecule has 1 heterocycles. The average Bonchev–Trinajstić information content (AvgIpc) is 2.72. The van der Waals surface area contributed by atoms with Gasteiger partial charge in [0.15, 0.2) is 5.13 Å². The van der Waals surface area contributed by atoms with Gasteiger partial charge in [0.25, 0.3) is 0 Å². The molecule has 2 rings (SSSR count). The van der Waals surface area contributed by atoms with E-state index in [0.717, 1.165) is 23.6 Å². The number of carbonyl (C=O) groups excluding carboxylic acids is 1. The summed E-state index contributed by atoms with van der Waals surface area (Å²) in [5, 5.41) is 4.27. The van der Waals surface area contributed by atoms with E-state index in [1.165, 1.54) is 21.8 Å². The molecule has 1 N–H and O–H groups in total. The Morgan fingerprint density at radius 2 is 2.05 bits per heavy atom. The third-order valence-electron chi connectivity index (χ3n) is 2.89. The number of nitrogens with one attached hydrogen (secondary N) is 1. The first-order chi connectivity index (χ1) is 9.58. The summed E-state index contributed by atoms with van der Waals surface area (Å²) in [7, 11) is 0. The number of hydrogen-bond acceptors (Lipinski definition) is 3. The Morgan fingerprint density at radius 3 is 2.70 bits per heavy atom. The van der Waals surface area contributed by atoms with Gasteiger partial charge in [0.2, 0.25) is 5.91 Å². The van der Waals surface area contributed by atoms with Crippen LogP contribution in [0.4, 0.5) is 5.13 Å². The van der Waals surface area contributed by atoms with E-state index >= 15 is 0 Å². The smallest absolute Gasteiger partial charge is 0.226 e. The van der Waals surface area contributed by atoms with Gasteiger partial charge in [0.05, 0.1) is 5.69 Å². The number of halogens is 1. The number of carbonyl (C=O) groups is 1. The summed E-state index contributed by atoms with van der Waals surface area (Å²) >= 11 is 7.42. The van der Waals surface area contributed by atoms with E-state index in [4.69, 9.17) is 11.6 Å². The summed E-state index contributed by atoms with van der Waals surface area (Å²) in [6.07, 6.45) is 2.18. The lowest BCUT2D eigenvalue weighted by atomic mass is 10.1. The van der Waals surface area contributed by atoms with E-state index in [1.54, 1.807) is 0 Å². The third kappa shape index (κ3) is 4.05. The van der Waals surface area contributed by atoms with Crippen molar-refractivity contribution in [3.63, 3.8) is 0 Å². The van der Waals surface area contributed by atoms with Crippen molar-refractivity contribution in [3.8, 4) is 0 Å². The zero-order valence-electron chi connectivity index (χ0n) is 11.6. The Kier molecular flexibility index (Phi) is 5.15. The van der Waals surface area contributed by atoms with Crippen LogP contribution >= 0.6 is 22.9 Å². The molecule has 0 spiro atoms. The molecule has 0 saturated carbocycles. The first kappa shape index (κ1) is 15.0. The maximum Gasteiger partial charge on any atom is 0.226 e. The molecule has 0 saturated heterocycles.